The van der Waals surface area contributed by atoms with Crippen LogP contribution < -0.4 is 20.3 Å². The second kappa shape index (κ2) is 7.40. The van der Waals surface area contributed by atoms with Gasteiger partial charge in [-0.15, -0.1) is 0 Å². The van der Waals surface area contributed by atoms with E-state index in [0.717, 1.165) is 0 Å². The largest absolute Gasteiger partial charge is 0.486 e. The molecular weight excluding hydrogens is 351 g/mol. The molecule has 0 spiro atoms. The highest BCUT2D eigenvalue weighted by Gasteiger charge is 2.19. The highest BCUT2D eigenvalue weighted by molar-refractivity contribution is 6.32. The Kier molecular flexibility index (Phi) is 5.04. The standard InChI is InChI=1S/C17H14ClFN2O4/c18-13-8-11(9-14-16(13)25-6-5-24-14)17(23)21-20-15(22)7-10-1-3-12(19)4-2-10/h1-4,8-9H,5-7H2,(H,20,22)(H,21,23). The van der Waals surface area contributed by atoms with E-state index in [0.29, 0.717) is 30.3 Å². The lowest BCUT2D eigenvalue weighted by atomic mass is 10.1. The summed E-state index contributed by atoms with van der Waals surface area (Å²) in [4.78, 5) is 24.0. The van der Waals surface area contributed by atoms with Crippen molar-refractivity contribution in [2.24, 2.45) is 0 Å². The molecule has 130 valence electrons. The van der Waals surface area contributed by atoms with Crippen molar-refractivity contribution in [2.45, 2.75) is 6.42 Å². The predicted octanol–water partition coefficient (Wildman–Crippen LogP) is 2.25. The number of benzene rings is 2. The van der Waals surface area contributed by atoms with Gasteiger partial charge in [-0.2, -0.15) is 0 Å². The average Bonchev–Trinajstić information content (AvgIpc) is 2.61. The van der Waals surface area contributed by atoms with Gasteiger partial charge < -0.3 is 9.47 Å². The van der Waals surface area contributed by atoms with Crippen molar-refractivity contribution in [3.05, 3.63) is 58.4 Å². The van der Waals surface area contributed by atoms with E-state index in [1.807, 2.05) is 0 Å². The van der Waals surface area contributed by atoms with Gasteiger partial charge in [0.1, 0.15) is 19.0 Å². The molecule has 0 fully saturated rings. The molecule has 2 aromatic carbocycles. The van der Waals surface area contributed by atoms with Crippen LogP contribution in [0, 0.1) is 5.82 Å². The third kappa shape index (κ3) is 4.19. The molecule has 1 heterocycles. The van der Waals surface area contributed by atoms with Crippen molar-refractivity contribution in [2.75, 3.05) is 13.2 Å². The highest BCUT2D eigenvalue weighted by atomic mass is 35.5. The number of hydrogen-bond acceptors (Lipinski definition) is 4. The molecule has 2 N–H and O–H groups in total. The number of carbonyl (C=O) groups is 2. The molecule has 0 radical (unpaired) electrons. The van der Waals surface area contributed by atoms with Gasteiger partial charge in [0, 0.05) is 5.56 Å². The van der Waals surface area contributed by atoms with Gasteiger partial charge in [0.2, 0.25) is 5.91 Å². The first-order valence-electron chi connectivity index (χ1n) is 7.45. The topological polar surface area (TPSA) is 76.7 Å². The van der Waals surface area contributed by atoms with Gasteiger partial charge in [0.05, 0.1) is 11.4 Å². The summed E-state index contributed by atoms with van der Waals surface area (Å²) in [7, 11) is 0. The Morgan fingerprint density at radius 1 is 1.08 bits per heavy atom. The van der Waals surface area contributed by atoms with Crippen LogP contribution in [0.1, 0.15) is 15.9 Å². The molecule has 6 nitrogen and oxygen atoms in total. The van der Waals surface area contributed by atoms with Gasteiger partial charge in [-0.25, -0.2) is 4.39 Å². The normalized spacial score (nSPS) is 12.4. The molecule has 0 bridgehead atoms. The molecule has 3 rings (SSSR count). The molecule has 8 heteroatoms. The number of ether oxygens (including phenoxy) is 2. The van der Waals surface area contributed by atoms with E-state index >= 15 is 0 Å². The number of fused-ring (bicyclic) bond motifs is 1. The first-order valence-corrected chi connectivity index (χ1v) is 7.83. The Hall–Kier alpha value is -2.80. The predicted molar refractivity (Wildman–Crippen MR) is 88.2 cm³/mol. The van der Waals surface area contributed by atoms with Gasteiger partial charge in [0.15, 0.2) is 11.5 Å². The second-order valence-electron chi connectivity index (χ2n) is 5.29. The van der Waals surface area contributed by atoms with Gasteiger partial charge in [-0.1, -0.05) is 23.7 Å². The van der Waals surface area contributed by atoms with E-state index in [2.05, 4.69) is 10.9 Å². The monoisotopic (exact) mass is 364 g/mol. The van der Waals surface area contributed by atoms with Crippen molar-refractivity contribution < 1.29 is 23.5 Å². The maximum atomic E-state index is 12.8. The van der Waals surface area contributed by atoms with Gasteiger partial charge in [-0.3, -0.25) is 20.4 Å². The number of rotatable bonds is 3. The molecule has 0 aromatic heterocycles. The first-order chi connectivity index (χ1) is 12.0. The summed E-state index contributed by atoms with van der Waals surface area (Å²) in [5.41, 5.74) is 5.43. The minimum atomic E-state index is -0.550. The lowest BCUT2D eigenvalue weighted by molar-refractivity contribution is -0.121. The quantitative estimate of drug-likeness (QED) is 0.819. The van der Waals surface area contributed by atoms with Gasteiger partial charge >= 0.3 is 0 Å². The molecule has 0 unspecified atom stereocenters. The summed E-state index contributed by atoms with van der Waals surface area (Å²) in [6.45, 7) is 0.751. The molecule has 1 aliphatic heterocycles. The maximum absolute atomic E-state index is 12.8. The van der Waals surface area contributed by atoms with Gasteiger partial charge in [-0.05, 0) is 29.8 Å². The third-order valence-corrected chi connectivity index (χ3v) is 3.73. The number of halogens is 2. The Morgan fingerprint density at radius 3 is 2.56 bits per heavy atom. The van der Waals surface area contributed by atoms with Crippen molar-refractivity contribution in [1.29, 1.82) is 0 Å². The molecule has 0 saturated heterocycles. The number of amides is 2. The van der Waals surface area contributed by atoms with Gasteiger partial charge in [0.25, 0.3) is 5.91 Å². The van der Waals surface area contributed by atoms with Crippen LogP contribution in [0.3, 0.4) is 0 Å². The molecule has 2 amide bonds. The van der Waals surface area contributed by atoms with Crippen LogP contribution in [0.2, 0.25) is 5.02 Å². The Bertz CT molecular complexity index is 811. The summed E-state index contributed by atoms with van der Waals surface area (Å²) >= 11 is 6.07. The molecular formula is C17H14ClFN2O4. The zero-order valence-corrected chi connectivity index (χ0v) is 13.7. The van der Waals surface area contributed by atoms with Crippen molar-refractivity contribution >= 4 is 23.4 Å². The molecule has 2 aromatic rings. The molecule has 0 atom stereocenters. The zero-order valence-electron chi connectivity index (χ0n) is 13.0. The second-order valence-corrected chi connectivity index (χ2v) is 5.69. The molecule has 25 heavy (non-hydrogen) atoms. The molecule has 0 aliphatic carbocycles. The highest BCUT2D eigenvalue weighted by Crippen LogP contribution is 2.38. The number of carbonyl (C=O) groups excluding carboxylic acids is 2. The lowest BCUT2D eigenvalue weighted by Crippen LogP contribution is -2.42. The summed E-state index contributed by atoms with van der Waals surface area (Å²) in [5.74, 6) is -0.603. The summed E-state index contributed by atoms with van der Waals surface area (Å²) in [6.07, 6.45) is 0.00244. The molecule has 0 saturated carbocycles. The van der Waals surface area contributed by atoms with Crippen LogP contribution in [0.5, 0.6) is 11.5 Å². The average molecular weight is 365 g/mol. The van der Waals surface area contributed by atoms with Crippen LogP contribution >= 0.6 is 11.6 Å². The Labute approximate surface area is 147 Å². The minimum Gasteiger partial charge on any atom is -0.486 e. The fraction of sp³-hybridized carbons (Fsp3) is 0.176. The smallest absolute Gasteiger partial charge is 0.269 e. The van der Waals surface area contributed by atoms with Crippen molar-refractivity contribution in [1.82, 2.24) is 10.9 Å². The van der Waals surface area contributed by atoms with Crippen LogP contribution in [0.15, 0.2) is 36.4 Å². The van der Waals surface area contributed by atoms with E-state index < -0.39 is 11.8 Å². The number of hydrazine groups is 1. The van der Waals surface area contributed by atoms with Crippen LogP contribution in [0.25, 0.3) is 0 Å². The number of hydrogen-bond donors (Lipinski definition) is 2. The maximum Gasteiger partial charge on any atom is 0.269 e. The minimum absolute atomic E-state index is 0.00244. The summed E-state index contributed by atoms with van der Waals surface area (Å²) in [5, 5.41) is 0.250. The first kappa shape index (κ1) is 17.0. The van der Waals surface area contributed by atoms with Crippen molar-refractivity contribution in [3.63, 3.8) is 0 Å². The third-order valence-electron chi connectivity index (χ3n) is 3.45. The van der Waals surface area contributed by atoms with E-state index in [4.69, 9.17) is 21.1 Å². The van der Waals surface area contributed by atoms with Crippen LogP contribution in [-0.2, 0) is 11.2 Å². The fourth-order valence-corrected chi connectivity index (χ4v) is 2.54. The SMILES string of the molecule is O=C(Cc1ccc(F)cc1)NNC(=O)c1cc(Cl)c2c(c1)OCCO2. The van der Waals surface area contributed by atoms with E-state index in [1.54, 1.807) is 0 Å². The van der Waals surface area contributed by atoms with Crippen LogP contribution in [-0.4, -0.2) is 25.0 Å². The van der Waals surface area contributed by atoms with E-state index in [1.165, 1.54) is 36.4 Å². The lowest BCUT2D eigenvalue weighted by Gasteiger charge is -2.20. The van der Waals surface area contributed by atoms with E-state index in [9.17, 15) is 14.0 Å². The Balaban J connectivity index is 1.59. The van der Waals surface area contributed by atoms with E-state index in [-0.39, 0.29) is 22.8 Å². The Morgan fingerprint density at radius 2 is 1.80 bits per heavy atom. The summed E-state index contributed by atoms with van der Waals surface area (Å²) < 4.78 is 23.6. The number of nitrogens with one attached hydrogen (secondary N) is 2. The van der Waals surface area contributed by atoms with Crippen LogP contribution in [0.4, 0.5) is 4.39 Å². The fourth-order valence-electron chi connectivity index (χ4n) is 2.27. The van der Waals surface area contributed by atoms with Crippen molar-refractivity contribution in [3.8, 4) is 11.5 Å². The molecule has 1 aliphatic rings. The summed E-state index contributed by atoms with van der Waals surface area (Å²) in [6, 6.07) is 8.43. The zero-order chi connectivity index (χ0) is 17.8.